The topological polar surface area (TPSA) is 58.4 Å². The van der Waals surface area contributed by atoms with E-state index in [1.54, 1.807) is 17.4 Å². The maximum absolute atomic E-state index is 12.2. The van der Waals surface area contributed by atoms with Crippen LogP contribution in [0.2, 0.25) is 0 Å². The number of aromatic nitrogens is 2. The molecule has 1 saturated heterocycles. The van der Waals surface area contributed by atoms with Crippen molar-refractivity contribution in [3.8, 4) is 0 Å². The Bertz CT molecular complexity index is 578. The Hall–Kier alpha value is -0.920. The van der Waals surface area contributed by atoms with Crippen molar-refractivity contribution < 1.29 is 8.42 Å². The van der Waals surface area contributed by atoms with Gasteiger partial charge in [-0.15, -0.1) is 0 Å². The molecule has 7 heteroatoms. The predicted octanol–water partition coefficient (Wildman–Crippen LogP) is 1.08. The summed E-state index contributed by atoms with van der Waals surface area (Å²) in [5.74, 6) is 0.164. The summed E-state index contributed by atoms with van der Waals surface area (Å²) in [4.78, 5) is 2.45. The molecular formula is C14H24N4O2S. The molecule has 3 rings (SSSR count). The summed E-state index contributed by atoms with van der Waals surface area (Å²) in [6.45, 7) is 5.83. The van der Waals surface area contributed by atoms with Gasteiger partial charge in [-0.3, -0.25) is 4.68 Å². The number of hydrogen-bond acceptors (Lipinski definition) is 4. The molecule has 0 N–H and O–H groups in total. The first-order valence-corrected chi connectivity index (χ1v) is 9.43. The molecular weight excluding hydrogens is 288 g/mol. The minimum Gasteiger partial charge on any atom is -0.301 e. The average molecular weight is 312 g/mol. The predicted molar refractivity (Wildman–Crippen MR) is 81.4 cm³/mol. The average Bonchev–Trinajstić information content (AvgIpc) is 2.97. The van der Waals surface area contributed by atoms with E-state index in [1.807, 2.05) is 10.7 Å². The second-order valence-electron chi connectivity index (χ2n) is 5.98. The molecule has 6 nitrogen and oxygen atoms in total. The van der Waals surface area contributed by atoms with E-state index >= 15 is 0 Å². The highest BCUT2D eigenvalue weighted by atomic mass is 32.2. The van der Waals surface area contributed by atoms with E-state index in [-0.39, 0.29) is 11.8 Å². The summed E-state index contributed by atoms with van der Waals surface area (Å²) in [7, 11) is -3.14. The minimum atomic E-state index is -3.14. The van der Waals surface area contributed by atoms with Gasteiger partial charge in [-0.1, -0.05) is 6.42 Å². The Labute approximate surface area is 126 Å². The SMILES string of the molecule is CCS(=O)(=O)N1Cc2ccnn2[C@@H](CN2CCCCC2)C1. The van der Waals surface area contributed by atoms with Gasteiger partial charge in [-0.25, -0.2) is 8.42 Å². The smallest absolute Gasteiger partial charge is 0.214 e. The zero-order chi connectivity index (χ0) is 14.9. The molecule has 0 amide bonds. The maximum atomic E-state index is 12.2. The van der Waals surface area contributed by atoms with Crippen LogP contribution in [0.3, 0.4) is 0 Å². The van der Waals surface area contributed by atoms with Crippen LogP contribution in [0.5, 0.6) is 0 Å². The van der Waals surface area contributed by atoms with Crippen molar-refractivity contribution in [1.82, 2.24) is 19.0 Å². The lowest BCUT2D eigenvalue weighted by Crippen LogP contribution is -2.46. The monoisotopic (exact) mass is 312 g/mol. The van der Waals surface area contributed by atoms with Crippen molar-refractivity contribution in [3.05, 3.63) is 18.0 Å². The molecule has 0 bridgehead atoms. The number of likely N-dealkylation sites (tertiary alicyclic amines) is 1. The summed E-state index contributed by atoms with van der Waals surface area (Å²) in [6.07, 6.45) is 5.58. The van der Waals surface area contributed by atoms with E-state index in [2.05, 4.69) is 10.00 Å². The molecule has 0 saturated carbocycles. The number of hydrogen-bond donors (Lipinski definition) is 0. The summed E-state index contributed by atoms with van der Waals surface area (Å²) in [5, 5.41) is 4.41. The van der Waals surface area contributed by atoms with Crippen LogP contribution in [0.25, 0.3) is 0 Å². The number of rotatable bonds is 4. The van der Waals surface area contributed by atoms with Gasteiger partial charge < -0.3 is 4.90 Å². The van der Waals surface area contributed by atoms with Crippen LogP contribution < -0.4 is 0 Å². The fourth-order valence-electron chi connectivity index (χ4n) is 3.32. The number of piperidine rings is 1. The molecule has 21 heavy (non-hydrogen) atoms. The van der Waals surface area contributed by atoms with Gasteiger partial charge >= 0.3 is 0 Å². The molecule has 0 unspecified atom stereocenters. The van der Waals surface area contributed by atoms with Crippen LogP contribution in [0.1, 0.15) is 37.9 Å². The number of sulfonamides is 1. The number of nitrogens with zero attached hydrogens (tertiary/aromatic N) is 4. The first-order chi connectivity index (χ1) is 10.1. The standard InChI is InChI=1S/C14H24N4O2S/c1-2-21(19,20)17-11-13-6-7-15-18(13)14(12-17)10-16-8-4-3-5-9-16/h6-7,14H,2-5,8-12H2,1H3/t14-/m0/s1. The summed E-state index contributed by atoms with van der Waals surface area (Å²) in [5.41, 5.74) is 1.00. The second-order valence-corrected chi connectivity index (χ2v) is 8.23. The molecule has 1 fully saturated rings. The molecule has 1 aromatic rings. The molecule has 2 aliphatic heterocycles. The fourth-order valence-corrected chi connectivity index (χ4v) is 4.42. The Morgan fingerprint density at radius 3 is 2.76 bits per heavy atom. The molecule has 0 aliphatic carbocycles. The van der Waals surface area contributed by atoms with Gasteiger partial charge in [0.1, 0.15) is 0 Å². The van der Waals surface area contributed by atoms with Gasteiger partial charge in [-0.05, 0) is 38.9 Å². The van der Waals surface area contributed by atoms with E-state index in [0.717, 1.165) is 25.3 Å². The van der Waals surface area contributed by atoms with Crippen LogP contribution in [-0.2, 0) is 16.6 Å². The third kappa shape index (κ3) is 3.14. The first kappa shape index (κ1) is 15.0. The minimum absolute atomic E-state index is 0.128. The Kier molecular flexibility index (Phi) is 4.33. The molecule has 1 atom stereocenters. The second kappa shape index (κ2) is 6.06. The quantitative estimate of drug-likeness (QED) is 0.834. The Morgan fingerprint density at radius 1 is 1.29 bits per heavy atom. The van der Waals surface area contributed by atoms with Gasteiger partial charge in [0.15, 0.2) is 0 Å². The zero-order valence-electron chi connectivity index (χ0n) is 12.6. The summed E-state index contributed by atoms with van der Waals surface area (Å²) in [6, 6.07) is 2.06. The lowest BCUT2D eigenvalue weighted by atomic mass is 10.1. The van der Waals surface area contributed by atoms with E-state index in [9.17, 15) is 8.42 Å². The van der Waals surface area contributed by atoms with Crippen molar-refractivity contribution in [1.29, 1.82) is 0 Å². The maximum Gasteiger partial charge on any atom is 0.214 e. The van der Waals surface area contributed by atoms with Crippen molar-refractivity contribution in [2.24, 2.45) is 0 Å². The highest BCUT2D eigenvalue weighted by Crippen LogP contribution is 2.24. The highest BCUT2D eigenvalue weighted by molar-refractivity contribution is 7.89. The van der Waals surface area contributed by atoms with Crippen LogP contribution in [-0.4, -0.2) is 59.3 Å². The van der Waals surface area contributed by atoms with Gasteiger partial charge in [0.2, 0.25) is 10.0 Å². The van der Waals surface area contributed by atoms with Crippen LogP contribution in [0, 0.1) is 0 Å². The van der Waals surface area contributed by atoms with E-state index in [4.69, 9.17) is 0 Å². The number of fused-ring (bicyclic) bond motifs is 1. The third-order valence-electron chi connectivity index (χ3n) is 4.53. The van der Waals surface area contributed by atoms with Gasteiger partial charge in [-0.2, -0.15) is 9.40 Å². The van der Waals surface area contributed by atoms with Crippen LogP contribution in [0.4, 0.5) is 0 Å². The van der Waals surface area contributed by atoms with Crippen molar-refractivity contribution in [2.75, 3.05) is 31.9 Å². The normalized spacial score (nSPS) is 24.9. The Balaban J connectivity index is 1.79. The summed E-state index contributed by atoms with van der Waals surface area (Å²) >= 11 is 0. The van der Waals surface area contributed by atoms with Crippen molar-refractivity contribution >= 4 is 10.0 Å². The molecule has 0 spiro atoms. The van der Waals surface area contributed by atoms with E-state index in [1.165, 1.54) is 19.3 Å². The molecule has 1 aromatic heterocycles. The molecule has 2 aliphatic rings. The summed E-state index contributed by atoms with van der Waals surface area (Å²) < 4.78 is 28.1. The van der Waals surface area contributed by atoms with Crippen LogP contribution in [0.15, 0.2) is 12.3 Å². The lowest BCUT2D eigenvalue weighted by molar-refractivity contribution is 0.160. The van der Waals surface area contributed by atoms with Gasteiger partial charge in [0, 0.05) is 19.3 Å². The Morgan fingerprint density at radius 2 is 2.05 bits per heavy atom. The van der Waals surface area contributed by atoms with Crippen molar-refractivity contribution in [2.45, 2.75) is 38.8 Å². The molecule has 118 valence electrons. The molecule has 3 heterocycles. The van der Waals surface area contributed by atoms with Crippen molar-refractivity contribution in [3.63, 3.8) is 0 Å². The lowest BCUT2D eigenvalue weighted by Gasteiger charge is -2.36. The largest absolute Gasteiger partial charge is 0.301 e. The third-order valence-corrected chi connectivity index (χ3v) is 6.32. The highest BCUT2D eigenvalue weighted by Gasteiger charge is 2.32. The molecule has 0 radical (unpaired) electrons. The molecule has 0 aromatic carbocycles. The van der Waals surface area contributed by atoms with Crippen LogP contribution >= 0.6 is 0 Å². The first-order valence-electron chi connectivity index (χ1n) is 7.82. The van der Waals surface area contributed by atoms with E-state index in [0.29, 0.717) is 13.1 Å². The van der Waals surface area contributed by atoms with Gasteiger partial charge in [0.05, 0.1) is 24.0 Å². The van der Waals surface area contributed by atoms with E-state index < -0.39 is 10.0 Å². The fraction of sp³-hybridized carbons (Fsp3) is 0.786. The van der Waals surface area contributed by atoms with Gasteiger partial charge in [0.25, 0.3) is 0 Å². The zero-order valence-corrected chi connectivity index (χ0v) is 13.4.